The molecule has 3 aromatic rings. The summed E-state index contributed by atoms with van der Waals surface area (Å²) in [4.78, 5) is 28.4. The van der Waals surface area contributed by atoms with E-state index in [9.17, 15) is 22.8 Å². The van der Waals surface area contributed by atoms with Crippen LogP contribution in [0.25, 0.3) is 17.1 Å². The number of halogens is 3. The minimum Gasteiger partial charge on any atom is -0.306 e. The summed E-state index contributed by atoms with van der Waals surface area (Å²) in [6.45, 7) is 0. The average Bonchev–Trinajstić information content (AvgIpc) is 2.91. The summed E-state index contributed by atoms with van der Waals surface area (Å²) < 4.78 is 37.5. The van der Waals surface area contributed by atoms with Crippen LogP contribution in [0, 0.1) is 0 Å². The summed E-state index contributed by atoms with van der Waals surface area (Å²) >= 11 is 0. The van der Waals surface area contributed by atoms with E-state index in [1.165, 1.54) is 30.4 Å². The van der Waals surface area contributed by atoms with Gasteiger partial charge >= 0.3 is 11.9 Å². The van der Waals surface area contributed by atoms with Crippen LogP contribution in [-0.2, 0) is 6.18 Å². The van der Waals surface area contributed by atoms with Crippen LogP contribution >= 0.6 is 0 Å². The fourth-order valence-electron chi connectivity index (χ4n) is 2.24. The lowest BCUT2D eigenvalue weighted by molar-refractivity contribution is -0.137. The van der Waals surface area contributed by atoms with Gasteiger partial charge in [0.1, 0.15) is 0 Å². The van der Waals surface area contributed by atoms with Crippen molar-refractivity contribution in [2.75, 3.05) is 0 Å². The third-order valence-electron chi connectivity index (χ3n) is 3.47. The molecule has 0 unspecified atom stereocenters. The van der Waals surface area contributed by atoms with Gasteiger partial charge in [-0.25, -0.2) is 4.79 Å². The number of nitrogens with one attached hydrogen (secondary N) is 2. The molecule has 0 spiro atoms. The number of ketones is 1. The number of alkyl halides is 3. The van der Waals surface area contributed by atoms with E-state index in [2.05, 4.69) is 9.97 Å². The van der Waals surface area contributed by atoms with E-state index in [0.29, 0.717) is 22.2 Å². The summed E-state index contributed by atoms with van der Waals surface area (Å²) in [5.41, 5.74) is 0.827. The van der Waals surface area contributed by atoms with Crippen LogP contribution in [0.5, 0.6) is 0 Å². The number of fused-ring (bicyclic) bond motifs is 1. The van der Waals surface area contributed by atoms with E-state index < -0.39 is 11.7 Å². The predicted octanol–water partition coefficient (Wildman–Crippen LogP) is 3.77. The summed E-state index contributed by atoms with van der Waals surface area (Å²) in [7, 11) is 0. The van der Waals surface area contributed by atoms with Crippen LogP contribution in [0.4, 0.5) is 13.2 Å². The van der Waals surface area contributed by atoms with Crippen molar-refractivity contribution in [3.8, 4) is 0 Å². The molecule has 0 aliphatic heterocycles. The van der Waals surface area contributed by atoms with Gasteiger partial charge in [0, 0.05) is 5.56 Å². The second kappa shape index (κ2) is 5.84. The van der Waals surface area contributed by atoms with Crippen LogP contribution < -0.4 is 5.69 Å². The monoisotopic (exact) mass is 332 g/mol. The number of carbonyl (C=O) groups is 1. The lowest BCUT2D eigenvalue weighted by atomic mass is 10.1. The topological polar surface area (TPSA) is 65.7 Å². The van der Waals surface area contributed by atoms with Gasteiger partial charge in [-0.05, 0) is 42.0 Å². The maximum Gasteiger partial charge on any atom is 0.416 e. The molecular formula is C17H11F3N2O2. The van der Waals surface area contributed by atoms with Gasteiger partial charge in [0.2, 0.25) is 0 Å². The van der Waals surface area contributed by atoms with Gasteiger partial charge in [0.25, 0.3) is 0 Å². The molecule has 2 N–H and O–H groups in total. The first-order valence-electron chi connectivity index (χ1n) is 6.95. The normalized spacial score (nSPS) is 12.1. The van der Waals surface area contributed by atoms with Gasteiger partial charge < -0.3 is 9.97 Å². The minimum atomic E-state index is -4.39. The third-order valence-corrected chi connectivity index (χ3v) is 3.47. The number of benzene rings is 2. The predicted molar refractivity (Wildman–Crippen MR) is 83.7 cm³/mol. The van der Waals surface area contributed by atoms with Crippen LogP contribution in [0.15, 0.2) is 53.3 Å². The Hall–Kier alpha value is -3.09. The van der Waals surface area contributed by atoms with E-state index in [1.807, 2.05) is 0 Å². The lowest BCUT2D eigenvalue weighted by Gasteiger charge is -2.05. The molecule has 0 radical (unpaired) electrons. The van der Waals surface area contributed by atoms with Crippen molar-refractivity contribution < 1.29 is 18.0 Å². The highest BCUT2D eigenvalue weighted by Gasteiger charge is 2.29. The number of rotatable bonds is 3. The Bertz CT molecular complexity index is 979. The van der Waals surface area contributed by atoms with Gasteiger partial charge in [0.15, 0.2) is 5.78 Å². The van der Waals surface area contributed by atoms with Crippen LogP contribution in [0.3, 0.4) is 0 Å². The molecule has 1 heterocycles. The Balaban J connectivity index is 1.79. The number of hydrogen-bond acceptors (Lipinski definition) is 2. The number of aromatic nitrogens is 2. The molecule has 0 atom stereocenters. The lowest BCUT2D eigenvalue weighted by Crippen LogP contribution is -2.04. The molecule has 122 valence electrons. The molecular weight excluding hydrogens is 321 g/mol. The van der Waals surface area contributed by atoms with Crippen molar-refractivity contribution in [2.24, 2.45) is 0 Å². The Morgan fingerprint density at radius 2 is 1.62 bits per heavy atom. The van der Waals surface area contributed by atoms with Crippen molar-refractivity contribution in [3.05, 3.63) is 75.7 Å². The highest BCUT2D eigenvalue weighted by atomic mass is 19.4. The Kier molecular flexibility index (Phi) is 3.84. The quantitative estimate of drug-likeness (QED) is 0.566. The van der Waals surface area contributed by atoms with E-state index >= 15 is 0 Å². The Morgan fingerprint density at radius 3 is 2.29 bits per heavy atom. The molecule has 7 heteroatoms. The molecule has 0 aliphatic carbocycles. The molecule has 0 bridgehead atoms. The number of allylic oxidation sites excluding steroid dienone is 1. The van der Waals surface area contributed by atoms with E-state index in [4.69, 9.17) is 0 Å². The van der Waals surface area contributed by atoms with E-state index in [0.717, 1.165) is 12.1 Å². The summed E-state index contributed by atoms with van der Waals surface area (Å²) in [5, 5.41) is 0. The van der Waals surface area contributed by atoms with Crippen LogP contribution in [0.2, 0.25) is 0 Å². The van der Waals surface area contributed by atoms with Crippen molar-refractivity contribution in [3.63, 3.8) is 0 Å². The fourth-order valence-corrected chi connectivity index (χ4v) is 2.24. The maximum absolute atomic E-state index is 12.5. The van der Waals surface area contributed by atoms with E-state index in [1.54, 1.807) is 12.1 Å². The zero-order valence-electron chi connectivity index (χ0n) is 12.1. The summed E-state index contributed by atoms with van der Waals surface area (Å²) in [6.07, 6.45) is -1.68. The van der Waals surface area contributed by atoms with Crippen molar-refractivity contribution >= 4 is 22.9 Å². The number of hydrogen-bond donors (Lipinski definition) is 2. The van der Waals surface area contributed by atoms with E-state index in [-0.39, 0.29) is 11.5 Å². The number of imidazole rings is 1. The van der Waals surface area contributed by atoms with Crippen molar-refractivity contribution in [1.29, 1.82) is 0 Å². The first-order valence-corrected chi connectivity index (χ1v) is 6.95. The van der Waals surface area contributed by atoms with Gasteiger partial charge in [-0.15, -0.1) is 0 Å². The number of H-pyrrole nitrogens is 2. The first kappa shape index (κ1) is 15.8. The molecule has 24 heavy (non-hydrogen) atoms. The molecule has 0 fully saturated rings. The van der Waals surface area contributed by atoms with Crippen LogP contribution in [-0.4, -0.2) is 15.8 Å². The molecule has 3 rings (SSSR count). The molecule has 0 aliphatic rings. The van der Waals surface area contributed by atoms with Gasteiger partial charge in [-0.3, -0.25) is 4.79 Å². The molecule has 1 aromatic heterocycles. The van der Waals surface area contributed by atoms with Crippen molar-refractivity contribution in [1.82, 2.24) is 9.97 Å². The fraction of sp³-hybridized carbons (Fsp3) is 0.0588. The molecule has 4 nitrogen and oxygen atoms in total. The van der Waals surface area contributed by atoms with Gasteiger partial charge in [-0.1, -0.05) is 18.2 Å². The van der Waals surface area contributed by atoms with Crippen molar-refractivity contribution in [2.45, 2.75) is 6.18 Å². The average molecular weight is 332 g/mol. The van der Waals surface area contributed by atoms with Crippen LogP contribution in [0.1, 0.15) is 21.5 Å². The summed E-state index contributed by atoms with van der Waals surface area (Å²) in [5.74, 6) is -0.321. The summed E-state index contributed by atoms with van der Waals surface area (Å²) in [6, 6.07) is 9.20. The molecule has 0 saturated heterocycles. The highest BCUT2D eigenvalue weighted by Crippen LogP contribution is 2.29. The highest BCUT2D eigenvalue weighted by molar-refractivity contribution is 6.08. The largest absolute Gasteiger partial charge is 0.416 e. The Morgan fingerprint density at radius 1 is 0.958 bits per heavy atom. The zero-order chi connectivity index (χ0) is 17.3. The Labute approximate surface area is 133 Å². The maximum atomic E-state index is 12.5. The molecule has 0 saturated carbocycles. The minimum absolute atomic E-state index is 0.321. The van der Waals surface area contributed by atoms with Gasteiger partial charge in [-0.2, -0.15) is 13.2 Å². The molecule has 2 aromatic carbocycles. The standard InChI is InChI=1S/C17H11F3N2O2/c18-17(19,20)12-5-1-10(2-6-12)3-8-15(23)11-4-7-13-14(9-11)22-16(24)21-13/h1-9H,(H2,21,22,24). The number of carbonyl (C=O) groups excluding carboxylic acids is 1. The first-order chi connectivity index (χ1) is 11.3. The second-order valence-corrected chi connectivity index (χ2v) is 5.16. The van der Waals surface area contributed by atoms with Gasteiger partial charge in [0.05, 0.1) is 16.6 Å². The zero-order valence-corrected chi connectivity index (χ0v) is 12.1. The smallest absolute Gasteiger partial charge is 0.306 e. The number of aromatic amines is 2. The SMILES string of the molecule is O=C(C=Cc1ccc(C(F)(F)F)cc1)c1ccc2[nH]c(=O)[nH]c2c1. The molecule has 0 amide bonds. The second-order valence-electron chi connectivity index (χ2n) is 5.16. The third kappa shape index (κ3) is 3.29.